The number of likely N-dealkylation sites (tertiary alicyclic amines) is 1. The minimum atomic E-state index is 0.607. The fourth-order valence-electron chi connectivity index (χ4n) is 2.28. The summed E-state index contributed by atoms with van der Waals surface area (Å²) in [5, 5.41) is 5.47. The molecule has 2 aliphatic rings. The average molecular weight is 241 g/mol. The van der Waals surface area contributed by atoms with E-state index in [0.717, 1.165) is 19.0 Å². The Bertz CT molecular complexity index is 265. The zero-order valence-electron chi connectivity index (χ0n) is 10.6. The van der Waals surface area contributed by atoms with E-state index in [1.54, 1.807) is 0 Å². The van der Waals surface area contributed by atoms with Crippen molar-refractivity contribution in [2.45, 2.75) is 38.0 Å². The number of hydrogen-bond donors (Lipinski definition) is 1. The smallest absolute Gasteiger partial charge is 0.157 e. The predicted molar refractivity (Wildman–Crippen MR) is 72.2 cm³/mol. The number of amidine groups is 1. The summed E-state index contributed by atoms with van der Waals surface area (Å²) >= 11 is 1.93. The molecule has 2 rings (SSSR count). The van der Waals surface area contributed by atoms with Crippen molar-refractivity contribution in [3.8, 4) is 0 Å². The quantitative estimate of drug-likeness (QED) is 0.799. The molecule has 92 valence electrons. The molecule has 2 heterocycles. The van der Waals surface area contributed by atoms with Gasteiger partial charge in [-0.15, -0.1) is 0 Å². The first-order valence-electron chi connectivity index (χ1n) is 6.31. The van der Waals surface area contributed by atoms with Crippen molar-refractivity contribution in [3.63, 3.8) is 0 Å². The number of likely N-dealkylation sites (N-methyl/N-ethyl adjacent to an activating group) is 1. The van der Waals surface area contributed by atoms with Gasteiger partial charge in [0.25, 0.3) is 0 Å². The number of nitrogens with one attached hydrogen (secondary N) is 1. The number of nitrogens with zero attached hydrogens (tertiary/aromatic N) is 2. The summed E-state index contributed by atoms with van der Waals surface area (Å²) in [7, 11) is 2.20. The van der Waals surface area contributed by atoms with Crippen LogP contribution in [0.25, 0.3) is 0 Å². The van der Waals surface area contributed by atoms with Gasteiger partial charge in [0.05, 0.1) is 6.54 Å². The molecule has 4 heteroatoms. The maximum absolute atomic E-state index is 4.61. The van der Waals surface area contributed by atoms with Crippen molar-refractivity contribution in [1.29, 1.82) is 0 Å². The summed E-state index contributed by atoms with van der Waals surface area (Å²) in [5.41, 5.74) is 0. The van der Waals surface area contributed by atoms with Crippen LogP contribution < -0.4 is 5.32 Å². The molecule has 0 aromatic carbocycles. The van der Waals surface area contributed by atoms with Crippen LogP contribution in [0.1, 0.15) is 26.7 Å². The van der Waals surface area contributed by atoms with Crippen molar-refractivity contribution in [2.75, 3.05) is 26.7 Å². The molecule has 1 fully saturated rings. The molecular weight excluding hydrogens is 218 g/mol. The van der Waals surface area contributed by atoms with Crippen LogP contribution in [0.15, 0.2) is 4.99 Å². The van der Waals surface area contributed by atoms with E-state index in [4.69, 9.17) is 0 Å². The maximum atomic E-state index is 4.61. The normalized spacial score (nSPS) is 31.9. The molecule has 0 aliphatic carbocycles. The highest BCUT2D eigenvalue weighted by Gasteiger charge is 2.25. The molecule has 2 unspecified atom stereocenters. The Balaban J connectivity index is 1.78. The lowest BCUT2D eigenvalue weighted by atomic mass is 10.1. The van der Waals surface area contributed by atoms with Crippen molar-refractivity contribution in [1.82, 2.24) is 10.2 Å². The molecule has 0 radical (unpaired) electrons. The fraction of sp³-hybridized carbons (Fsp3) is 0.917. The first kappa shape index (κ1) is 12.2. The third-order valence-electron chi connectivity index (χ3n) is 3.37. The lowest BCUT2D eigenvalue weighted by Gasteiger charge is -2.30. The number of piperidine rings is 1. The Morgan fingerprint density at radius 3 is 2.94 bits per heavy atom. The standard InChI is InChI=1S/C12H23N3S/c1-9(2)11-7-13-12(16-11)14-10-5-4-6-15(3)8-10/h9-11H,4-8H2,1-3H3,(H,13,14). The van der Waals surface area contributed by atoms with Crippen molar-refractivity contribution in [3.05, 3.63) is 0 Å². The van der Waals surface area contributed by atoms with E-state index >= 15 is 0 Å². The molecule has 1 saturated heterocycles. The van der Waals surface area contributed by atoms with E-state index in [0.29, 0.717) is 11.3 Å². The Hall–Kier alpha value is -0.220. The Morgan fingerprint density at radius 2 is 2.31 bits per heavy atom. The molecule has 0 spiro atoms. The predicted octanol–water partition coefficient (Wildman–Crippen LogP) is 1.80. The lowest BCUT2D eigenvalue weighted by Crippen LogP contribution is -2.45. The molecule has 1 N–H and O–H groups in total. The van der Waals surface area contributed by atoms with Crippen molar-refractivity contribution in [2.24, 2.45) is 10.9 Å². The molecule has 0 aromatic rings. The molecule has 0 bridgehead atoms. The van der Waals surface area contributed by atoms with Crippen LogP contribution in [-0.4, -0.2) is 48.0 Å². The van der Waals surface area contributed by atoms with Crippen LogP contribution in [0, 0.1) is 5.92 Å². The van der Waals surface area contributed by atoms with Gasteiger partial charge in [0.2, 0.25) is 0 Å². The largest absolute Gasteiger partial charge is 0.361 e. The van der Waals surface area contributed by atoms with Crippen LogP contribution in [0.5, 0.6) is 0 Å². The lowest BCUT2D eigenvalue weighted by molar-refractivity contribution is 0.241. The number of rotatable bonds is 2. The Labute approximate surface area is 103 Å². The van der Waals surface area contributed by atoms with E-state index in [-0.39, 0.29) is 0 Å². The van der Waals surface area contributed by atoms with Gasteiger partial charge in [0.15, 0.2) is 5.17 Å². The molecule has 3 nitrogen and oxygen atoms in total. The molecular formula is C12H23N3S. The van der Waals surface area contributed by atoms with Crippen LogP contribution in [0.3, 0.4) is 0 Å². The van der Waals surface area contributed by atoms with Crippen LogP contribution in [-0.2, 0) is 0 Å². The van der Waals surface area contributed by atoms with Crippen molar-refractivity contribution >= 4 is 16.9 Å². The average Bonchev–Trinajstić information content (AvgIpc) is 2.66. The highest BCUT2D eigenvalue weighted by Crippen LogP contribution is 2.26. The molecule has 2 atom stereocenters. The van der Waals surface area contributed by atoms with E-state index in [1.165, 1.54) is 24.6 Å². The van der Waals surface area contributed by atoms with Crippen molar-refractivity contribution < 1.29 is 0 Å². The highest BCUT2D eigenvalue weighted by molar-refractivity contribution is 8.14. The second-order valence-corrected chi connectivity index (χ2v) is 6.52. The first-order valence-corrected chi connectivity index (χ1v) is 7.19. The second-order valence-electron chi connectivity index (χ2n) is 5.29. The summed E-state index contributed by atoms with van der Waals surface area (Å²) < 4.78 is 0. The van der Waals surface area contributed by atoms with E-state index < -0.39 is 0 Å². The monoisotopic (exact) mass is 241 g/mol. The third-order valence-corrected chi connectivity index (χ3v) is 4.84. The van der Waals surface area contributed by atoms with Gasteiger partial charge < -0.3 is 10.2 Å². The van der Waals surface area contributed by atoms with Crippen LogP contribution in [0.2, 0.25) is 0 Å². The topological polar surface area (TPSA) is 27.6 Å². The van der Waals surface area contributed by atoms with Gasteiger partial charge in [0, 0.05) is 17.8 Å². The molecule has 0 aromatic heterocycles. The van der Waals surface area contributed by atoms with Gasteiger partial charge in [-0.2, -0.15) is 0 Å². The van der Waals surface area contributed by atoms with Gasteiger partial charge in [-0.05, 0) is 32.4 Å². The minimum absolute atomic E-state index is 0.607. The van der Waals surface area contributed by atoms with E-state index in [9.17, 15) is 0 Å². The van der Waals surface area contributed by atoms with Gasteiger partial charge in [-0.3, -0.25) is 4.99 Å². The molecule has 0 saturated carbocycles. The zero-order valence-corrected chi connectivity index (χ0v) is 11.4. The van der Waals surface area contributed by atoms with Crippen LogP contribution in [0.4, 0.5) is 0 Å². The van der Waals surface area contributed by atoms with Crippen LogP contribution >= 0.6 is 11.8 Å². The molecule has 2 aliphatic heterocycles. The summed E-state index contributed by atoms with van der Waals surface area (Å²) in [4.78, 5) is 7.01. The van der Waals surface area contributed by atoms with E-state index in [1.807, 2.05) is 11.8 Å². The summed E-state index contributed by atoms with van der Waals surface area (Å²) in [6.45, 7) is 7.96. The fourth-order valence-corrected chi connectivity index (χ4v) is 3.37. The molecule has 16 heavy (non-hydrogen) atoms. The third kappa shape index (κ3) is 3.14. The summed E-state index contributed by atoms with van der Waals surface area (Å²) in [6.07, 6.45) is 2.59. The van der Waals surface area contributed by atoms with E-state index in [2.05, 4.69) is 36.1 Å². The summed E-state index contributed by atoms with van der Waals surface area (Å²) in [6, 6.07) is 0.607. The zero-order chi connectivity index (χ0) is 11.5. The number of hydrogen-bond acceptors (Lipinski definition) is 4. The van der Waals surface area contributed by atoms with Gasteiger partial charge in [-0.25, -0.2) is 0 Å². The number of thioether (sulfide) groups is 1. The molecule has 0 amide bonds. The first-order chi connectivity index (χ1) is 7.65. The second kappa shape index (κ2) is 5.41. The number of aliphatic imine (C=N–C) groups is 1. The minimum Gasteiger partial charge on any atom is -0.361 e. The maximum Gasteiger partial charge on any atom is 0.157 e. The Morgan fingerprint density at radius 1 is 1.50 bits per heavy atom. The highest BCUT2D eigenvalue weighted by atomic mass is 32.2. The van der Waals surface area contributed by atoms with Gasteiger partial charge in [-0.1, -0.05) is 25.6 Å². The van der Waals surface area contributed by atoms with Gasteiger partial charge >= 0.3 is 0 Å². The Kier molecular flexibility index (Phi) is 4.14. The SMILES string of the molecule is CC(C)C1CN=C(NC2CCCN(C)C2)S1. The van der Waals surface area contributed by atoms with Gasteiger partial charge in [0.1, 0.15) is 0 Å². The summed E-state index contributed by atoms with van der Waals surface area (Å²) in [5.74, 6) is 0.724.